The van der Waals surface area contributed by atoms with E-state index in [0.29, 0.717) is 27.9 Å². The number of nitrogens with zero attached hydrogens (tertiary/aromatic N) is 5. The molecule has 306 valence electrons. The van der Waals surface area contributed by atoms with Crippen LogP contribution in [0.4, 0.5) is 5.13 Å². The maximum Gasteiger partial charge on any atom is 0.355 e. The first-order valence-corrected chi connectivity index (χ1v) is 21.1. The first-order valence-electron chi connectivity index (χ1n) is 19.1. The molecule has 6 aromatic rings. The van der Waals surface area contributed by atoms with Crippen molar-refractivity contribution in [2.75, 3.05) is 25.3 Å². The van der Waals surface area contributed by atoms with E-state index in [1.54, 1.807) is 67.5 Å². The average molecular weight is 850 g/mol. The Morgan fingerprint density at radius 3 is 2.13 bits per heavy atom. The molecule has 0 spiro atoms. The van der Waals surface area contributed by atoms with Crippen LogP contribution in [0.1, 0.15) is 33.6 Å². The van der Waals surface area contributed by atoms with Crippen molar-refractivity contribution in [3.63, 3.8) is 0 Å². The molecular weight excluding hydrogens is 811 g/mol. The smallest absolute Gasteiger partial charge is 0.355 e. The Bertz CT molecular complexity index is 2490. The summed E-state index contributed by atoms with van der Waals surface area (Å²) in [4.78, 5) is 61.6. The highest BCUT2D eigenvalue weighted by Crippen LogP contribution is 2.42. The number of anilines is 1. The second-order valence-corrected chi connectivity index (χ2v) is 15.7. The Kier molecular flexibility index (Phi) is 12.3. The number of amides is 2. The number of benzene rings is 4. The van der Waals surface area contributed by atoms with E-state index >= 15 is 0 Å². The molecule has 2 aliphatic rings. The number of esters is 1. The lowest BCUT2D eigenvalue weighted by molar-refractivity contribution is -0.153. The molecule has 1 fully saturated rings. The maximum atomic E-state index is 14.1. The van der Waals surface area contributed by atoms with Crippen LogP contribution >= 0.6 is 23.1 Å². The number of carbonyl (C=O) groups is 3. The fraction of sp³-hybridized carbons (Fsp3) is 0.152. The summed E-state index contributed by atoms with van der Waals surface area (Å²) in [5, 5.41) is 12.3. The molecule has 2 atom stereocenters. The lowest BCUT2D eigenvalue weighted by atomic mass is 9.77. The normalized spacial score (nSPS) is 16.4. The number of allylic oxidation sites excluding steroid dienone is 1. The molecule has 2 amide bonds. The number of fused-ring (bicyclic) bond motifs is 1. The van der Waals surface area contributed by atoms with Gasteiger partial charge in [0, 0.05) is 23.5 Å². The summed E-state index contributed by atoms with van der Waals surface area (Å²) in [6.45, 7) is -0.0298. The van der Waals surface area contributed by atoms with Crippen LogP contribution in [0.3, 0.4) is 0 Å². The van der Waals surface area contributed by atoms with Crippen molar-refractivity contribution in [3.8, 4) is 5.75 Å². The molecule has 4 aromatic carbocycles. The second-order valence-electron chi connectivity index (χ2n) is 13.8. The maximum absolute atomic E-state index is 14.1. The zero-order chi connectivity index (χ0) is 42.2. The topological polar surface area (TPSA) is 157 Å². The Morgan fingerprint density at radius 1 is 0.885 bits per heavy atom. The number of ether oxygens (including phenoxy) is 2. The molecule has 0 aliphatic carbocycles. The number of methoxy groups -OCH3 is 1. The van der Waals surface area contributed by atoms with Crippen LogP contribution in [0.5, 0.6) is 5.75 Å². The number of aromatic nitrogens is 3. The van der Waals surface area contributed by atoms with E-state index in [9.17, 15) is 14.4 Å². The highest BCUT2D eigenvalue weighted by atomic mass is 32.2. The van der Waals surface area contributed by atoms with Crippen LogP contribution in [0, 0.1) is 0 Å². The van der Waals surface area contributed by atoms with Crippen LogP contribution in [0.25, 0.3) is 6.08 Å². The number of oxime groups is 1. The highest BCUT2D eigenvalue weighted by molar-refractivity contribution is 8.00. The molecule has 8 rings (SSSR count). The molecule has 4 heterocycles. The van der Waals surface area contributed by atoms with Crippen LogP contribution in [-0.2, 0) is 36.1 Å². The van der Waals surface area contributed by atoms with Crippen LogP contribution in [-0.4, -0.2) is 74.7 Å². The van der Waals surface area contributed by atoms with Crippen molar-refractivity contribution in [2.24, 2.45) is 5.16 Å². The van der Waals surface area contributed by atoms with Crippen molar-refractivity contribution in [3.05, 3.63) is 190 Å². The molecule has 0 unspecified atom stereocenters. The molecule has 2 aromatic heterocycles. The van der Waals surface area contributed by atoms with E-state index in [1.807, 2.05) is 54.6 Å². The van der Waals surface area contributed by atoms with E-state index < -0.39 is 34.7 Å². The molecule has 13 nitrogen and oxygen atoms in total. The van der Waals surface area contributed by atoms with E-state index in [0.717, 1.165) is 22.3 Å². The first kappa shape index (κ1) is 40.7. The second kappa shape index (κ2) is 18.4. The van der Waals surface area contributed by atoms with Gasteiger partial charge in [-0.3, -0.25) is 24.5 Å². The van der Waals surface area contributed by atoms with Crippen molar-refractivity contribution >= 4 is 57.8 Å². The van der Waals surface area contributed by atoms with Crippen LogP contribution in [0.15, 0.2) is 162 Å². The van der Waals surface area contributed by atoms with Gasteiger partial charge in [-0.25, -0.2) is 9.78 Å². The number of β-lactam (4-membered cyclic amide) rings is 1. The quantitative estimate of drug-likeness (QED) is 0.0368. The van der Waals surface area contributed by atoms with Crippen LogP contribution in [0.2, 0.25) is 0 Å². The molecule has 61 heavy (non-hydrogen) atoms. The molecule has 0 saturated carbocycles. The minimum Gasteiger partial charge on any atom is -0.497 e. The summed E-state index contributed by atoms with van der Waals surface area (Å²) in [6.07, 6.45) is 8.17. The summed E-state index contributed by atoms with van der Waals surface area (Å²) in [5.41, 5.74) is 4.18. The number of rotatable bonds is 15. The third kappa shape index (κ3) is 8.51. The number of nitrogens with one attached hydrogen (secondary N) is 2. The fourth-order valence-corrected chi connectivity index (χ4v) is 9.24. The molecule has 2 N–H and O–H groups in total. The lowest BCUT2D eigenvalue weighted by Gasteiger charge is -2.49. The summed E-state index contributed by atoms with van der Waals surface area (Å²) >= 11 is 2.71. The SMILES string of the molecule is CO/N=C(\C(=O)N[C@@H]1C(=O)N2C(C(=O)OCc3ccc(OC)cc3)=C(/C=C/c3cnccn3)CS[C@H]12)c1csc(NC(c2ccccc2)(c2ccccc2)c2ccccc2)n1. The monoisotopic (exact) mass is 849 g/mol. The summed E-state index contributed by atoms with van der Waals surface area (Å²) in [7, 11) is 2.91. The molecule has 1 saturated heterocycles. The van der Waals surface area contributed by atoms with Crippen molar-refractivity contribution < 1.29 is 28.7 Å². The minimum absolute atomic E-state index is 0.0298. The largest absolute Gasteiger partial charge is 0.497 e. The van der Waals surface area contributed by atoms with Gasteiger partial charge in [-0.05, 0) is 46.0 Å². The van der Waals surface area contributed by atoms with Crippen LogP contribution < -0.4 is 15.4 Å². The molecule has 2 aliphatic heterocycles. The molecule has 0 bridgehead atoms. The minimum atomic E-state index is -0.979. The van der Waals surface area contributed by atoms with Gasteiger partial charge in [-0.15, -0.1) is 23.1 Å². The Labute approximate surface area is 360 Å². The number of hydrogen-bond donors (Lipinski definition) is 2. The van der Waals surface area contributed by atoms with Gasteiger partial charge in [0.2, 0.25) is 0 Å². The Hall–Kier alpha value is -7.10. The zero-order valence-corrected chi connectivity index (χ0v) is 34.6. The van der Waals surface area contributed by atoms with Gasteiger partial charge in [0.25, 0.3) is 11.8 Å². The summed E-state index contributed by atoms with van der Waals surface area (Å²) < 4.78 is 11.0. The fourth-order valence-electron chi connectivity index (χ4n) is 7.17. The standard InChI is InChI=1S/C46H39N7O6S2/c1-57-36-22-18-30(19-23-36)27-59-44(56)40-31(20-21-35-26-47-24-25-48-35)28-60-43-39(42(55)53(40)43)50-41(54)38(52-58-2)37-29-61-45(49-37)51-46(32-12-6-3-7-13-32,33-14-8-4-9-15-33)34-16-10-5-11-17-34/h3-26,29,39,43H,27-28H2,1-2H3,(H,49,51)(H,50,54)/b21-20+,52-38-/t39-,43-/m1/s1. The van der Waals surface area contributed by atoms with Crippen molar-refractivity contribution in [2.45, 2.75) is 23.6 Å². The van der Waals surface area contributed by atoms with Gasteiger partial charge >= 0.3 is 5.97 Å². The Morgan fingerprint density at radius 2 is 1.54 bits per heavy atom. The molecular formula is C46H39N7O6S2. The van der Waals surface area contributed by atoms with E-state index in [4.69, 9.17) is 19.3 Å². The number of thioether (sulfide) groups is 1. The van der Waals surface area contributed by atoms with Gasteiger partial charge in [0.1, 0.15) is 47.8 Å². The number of thiazole rings is 1. The summed E-state index contributed by atoms with van der Waals surface area (Å²) in [5.74, 6) is -0.819. The van der Waals surface area contributed by atoms with Gasteiger partial charge in [-0.2, -0.15) is 0 Å². The third-order valence-electron chi connectivity index (χ3n) is 10.1. The van der Waals surface area contributed by atoms with Gasteiger partial charge in [-0.1, -0.05) is 114 Å². The van der Waals surface area contributed by atoms with Gasteiger partial charge < -0.3 is 24.9 Å². The number of carbonyl (C=O) groups excluding carboxylic acids is 3. The highest BCUT2D eigenvalue weighted by Gasteiger charge is 2.54. The Balaban J connectivity index is 1.04. The third-order valence-corrected chi connectivity index (χ3v) is 12.2. The lowest BCUT2D eigenvalue weighted by Crippen LogP contribution is -2.71. The van der Waals surface area contributed by atoms with E-state index in [2.05, 4.69) is 62.2 Å². The van der Waals surface area contributed by atoms with E-state index in [-0.39, 0.29) is 23.7 Å². The van der Waals surface area contributed by atoms with Gasteiger partial charge in [0.15, 0.2) is 10.8 Å². The zero-order valence-electron chi connectivity index (χ0n) is 33.0. The van der Waals surface area contributed by atoms with Crippen molar-refractivity contribution in [1.82, 2.24) is 25.2 Å². The first-order chi connectivity index (χ1) is 29.9. The van der Waals surface area contributed by atoms with E-state index in [1.165, 1.54) is 35.1 Å². The average Bonchev–Trinajstić information content (AvgIpc) is 3.79. The predicted molar refractivity (Wildman–Crippen MR) is 234 cm³/mol. The molecule has 0 radical (unpaired) electrons. The predicted octanol–water partition coefficient (Wildman–Crippen LogP) is 6.81. The summed E-state index contributed by atoms with van der Waals surface area (Å²) in [6, 6.07) is 36.4. The molecule has 15 heteroatoms. The van der Waals surface area contributed by atoms with Crippen molar-refractivity contribution in [1.29, 1.82) is 0 Å². The number of hydrogen-bond acceptors (Lipinski definition) is 13. The van der Waals surface area contributed by atoms with Gasteiger partial charge in [0.05, 0.1) is 19.0 Å².